The van der Waals surface area contributed by atoms with Gasteiger partial charge < -0.3 is 5.14 Å². The molecule has 19 heavy (non-hydrogen) atoms. The van der Waals surface area contributed by atoms with E-state index < -0.39 is 44.8 Å². The lowest BCUT2D eigenvalue weighted by Gasteiger charge is -2.14. The van der Waals surface area contributed by atoms with Crippen LogP contribution in [-0.4, -0.2) is 8.42 Å². The number of benzene rings is 1. The largest absolute Gasteiger partial charge is 0.564 e. The van der Waals surface area contributed by atoms with Gasteiger partial charge in [0.15, 0.2) is 0 Å². The number of rotatable bonds is 2. The van der Waals surface area contributed by atoms with Crippen LogP contribution in [0, 0.1) is 0 Å². The highest BCUT2D eigenvalue weighted by molar-refractivity contribution is 7.92. The molecular formula is C9H6F6NO2S-. The Balaban J connectivity index is 3.41. The van der Waals surface area contributed by atoms with Crippen molar-refractivity contribution in [2.45, 2.75) is 18.1 Å². The molecule has 0 atom stereocenters. The van der Waals surface area contributed by atoms with Gasteiger partial charge in [0.25, 0.3) is 0 Å². The smallest absolute Gasteiger partial charge is 0.416 e. The molecular weight excluding hydrogens is 300 g/mol. The summed E-state index contributed by atoms with van der Waals surface area (Å²) in [6, 6.07) is 0.447. The second-order valence-electron chi connectivity index (χ2n) is 3.67. The lowest BCUT2D eigenvalue weighted by atomic mass is 10.1. The van der Waals surface area contributed by atoms with Crippen molar-refractivity contribution in [2.75, 3.05) is 0 Å². The first kappa shape index (κ1) is 15.8. The Labute approximate surface area is 104 Å². The highest BCUT2D eigenvalue weighted by Crippen LogP contribution is 2.36. The van der Waals surface area contributed by atoms with E-state index in [2.05, 4.69) is 0 Å². The van der Waals surface area contributed by atoms with Gasteiger partial charge in [0.05, 0.1) is 26.9 Å². The Kier molecular flexibility index (Phi) is 3.88. The van der Waals surface area contributed by atoms with Crippen LogP contribution in [0.2, 0.25) is 0 Å². The van der Waals surface area contributed by atoms with Crippen molar-refractivity contribution in [1.29, 1.82) is 0 Å². The summed E-state index contributed by atoms with van der Waals surface area (Å²) in [6.07, 6.45) is -10.1. The Morgan fingerprint density at radius 2 is 1.26 bits per heavy atom. The highest BCUT2D eigenvalue weighted by atomic mass is 32.2. The summed E-state index contributed by atoms with van der Waals surface area (Å²) in [5.41, 5.74) is -3.96. The zero-order chi connectivity index (χ0) is 15.1. The van der Waals surface area contributed by atoms with E-state index in [-0.39, 0.29) is 18.2 Å². The van der Waals surface area contributed by atoms with Crippen LogP contribution in [0.25, 0.3) is 5.14 Å². The predicted molar refractivity (Wildman–Crippen MR) is 53.4 cm³/mol. The lowest BCUT2D eigenvalue weighted by molar-refractivity contribution is -0.143. The Morgan fingerprint density at radius 3 is 1.53 bits per heavy atom. The van der Waals surface area contributed by atoms with Gasteiger partial charge in [0.1, 0.15) is 0 Å². The molecule has 0 amide bonds. The maximum Gasteiger partial charge on any atom is 0.416 e. The SMILES string of the molecule is [NH-]S(=O)(=O)Cc1cc(C(F)(F)F)cc(C(F)(F)F)c1. The molecule has 0 saturated heterocycles. The van der Waals surface area contributed by atoms with Gasteiger partial charge in [-0.3, -0.25) is 0 Å². The third-order valence-electron chi connectivity index (χ3n) is 2.00. The fourth-order valence-electron chi connectivity index (χ4n) is 1.32. The van der Waals surface area contributed by atoms with Gasteiger partial charge in [0.2, 0.25) is 0 Å². The number of alkyl halides is 6. The van der Waals surface area contributed by atoms with Crippen LogP contribution in [0.1, 0.15) is 16.7 Å². The van der Waals surface area contributed by atoms with E-state index in [1.165, 1.54) is 0 Å². The van der Waals surface area contributed by atoms with E-state index in [9.17, 15) is 34.8 Å². The first-order valence-electron chi connectivity index (χ1n) is 4.55. The highest BCUT2D eigenvalue weighted by Gasteiger charge is 2.36. The topological polar surface area (TPSA) is 57.9 Å². The average Bonchev–Trinajstić information content (AvgIpc) is 2.11. The second kappa shape index (κ2) is 4.67. The molecule has 10 heteroatoms. The van der Waals surface area contributed by atoms with Crippen LogP contribution in [0.15, 0.2) is 18.2 Å². The molecule has 1 aromatic carbocycles. The second-order valence-corrected chi connectivity index (χ2v) is 5.19. The fraction of sp³-hybridized carbons (Fsp3) is 0.333. The van der Waals surface area contributed by atoms with Gasteiger partial charge in [0, 0.05) is 0 Å². The van der Waals surface area contributed by atoms with Gasteiger partial charge in [-0.05, 0) is 23.8 Å². The molecule has 0 aliphatic carbocycles. The van der Waals surface area contributed by atoms with Crippen molar-refractivity contribution >= 4 is 10.0 Å². The number of hydrogen-bond acceptors (Lipinski definition) is 2. The first-order valence-corrected chi connectivity index (χ1v) is 6.20. The number of halogens is 6. The summed E-state index contributed by atoms with van der Waals surface area (Å²) in [7, 11) is -4.49. The molecule has 0 spiro atoms. The molecule has 1 N–H and O–H groups in total. The predicted octanol–water partition coefficient (Wildman–Crippen LogP) is 3.61. The van der Waals surface area contributed by atoms with Crippen molar-refractivity contribution < 1.29 is 34.8 Å². The fourth-order valence-corrected chi connectivity index (χ4v) is 1.93. The van der Waals surface area contributed by atoms with Gasteiger partial charge in [-0.1, -0.05) is 0 Å². The standard InChI is InChI=1S/C9H6F6NO2S/c10-8(11,12)6-1-5(4-19(16,17)18)2-7(3-6)9(13,14)15/h1-3H,4H2,(H-,16,17,18)/q-1. The monoisotopic (exact) mass is 306 g/mol. The van der Waals surface area contributed by atoms with Crippen molar-refractivity contribution in [3.8, 4) is 0 Å². The zero-order valence-corrected chi connectivity index (χ0v) is 9.75. The van der Waals surface area contributed by atoms with E-state index in [1.807, 2.05) is 0 Å². The van der Waals surface area contributed by atoms with Crippen LogP contribution < -0.4 is 0 Å². The molecule has 1 rings (SSSR count). The third kappa shape index (κ3) is 4.71. The van der Waals surface area contributed by atoms with Crippen molar-refractivity contribution in [3.63, 3.8) is 0 Å². The summed E-state index contributed by atoms with van der Waals surface area (Å²) in [4.78, 5) is 0. The van der Waals surface area contributed by atoms with E-state index in [0.29, 0.717) is 0 Å². The molecule has 0 bridgehead atoms. The summed E-state index contributed by atoms with van der Waals surface area (Å²) in [5.74, 6) is -1.22. The maximum absolute atomic E-state index is 12.4. The molecule has 0 fully saturated rings. The zero-order valence-electron chi connectivity index (χ0n) is 8.93. The minimum absolute atomic E-state index is 0.111. The van der Waals surface area contributed by atoms with Crippen LogP contribution in [0.4, 0.5) is 26.3 Å². The lowest BCUT2D eigenvalue weighted by Crippen LogP contribution is -2.12. The summed E-state index contributed by atoms with van der Waals surface area (Å²) in [5, 5.41) is 6.53. The van der Waals surface area contributed by atoms with Gasteiger partial charge >= 0.3 is 12.4 Å². The molecule has 108 valence electrons. The molecule has 1 aromatic rings. The van der Waals surface area contributed by atoms with Crippen LogP contribution >= 0.6 is 0 Å². The van der Waals surface area contributed by atoms with E-state index >= 15 is 0 Å². The van der Waals surface area contributed by atoms with Crippen LogP contribution in [0.3, 0.4) is 0 Å². The number of sulfonamides is 1. The van der Waals surface area contributed by atoms with Crippen molar-refractivity contribution in [1.82, 2.24) is 0 Å². The molecule has 0 unspecified atom stereocenters. The molecule has 0 heterocycles. The number of nitrogens with one attached hydrogen (secondary N) is 1. The third-order valence-corrected chi connectivity index (χ3v) is 2.72. The molecule has 0 saturated carbocycles. The maximum atomic E-state index is 12.4. The van der Waals surface area contributed by atoms with E-state index in [1.54, 1.807) is 0 Å². The van der Waals surface area contributed by atoms with Gasteiger partial charge in [-0.15, -0.1) is 0 Å². The molecule has 3 nitrogen and oxygen atoms in total. The van der Waals surface area contributed by atoms with Crippen molar-refractivity contribution in [2.24, 2.45) is 0 Å². The number of hydrogen-bond donors (Lipinski definition) is 0. The molecule has 0 aromatic heterocycles. The van der Waals surface area contributed by atoms with Crippen LogP contribution in [0.5, 0.6) is 0 Å². The Hall–Kier alpha value is -1.29. The average molecular weight is 306 g/mol. The Bertz CT molecular complexity index is 543. The summed E-state index contributed by atoms with van der Waals surface area (Å²) in [6.45, 7) is 0. The normalized spacial score (nSPS) is 13.6. The van der Waals surface area contributed by atoms with E-state index in [4.69, 9.17) is 5.14 Å². The van der Waals surface area contributed by atoms with Crippen molar-refractivity contribution in [3.05, 3.63) is 40.0 Å². The molecule has 0 aliphatic rings. The quantitative estimate of drug-likeness (QED) is 0.784. The van der Waals surface area contributed by atoms with Gasteiger partial charge in [-0.2, -0.15) is 26.3 Å². The molecule has 0 radical (unpaired) electrons. The minimum atomic E-state index is -5.04. The first-order chi connectivity index (χ1) is 8.29. The minimum Gasteiger partial charge on any atom is -0.564 e. The molecule has 0 aliphatic heterocycles. The Morgan fingerprint density at radius 1 is 0.895 bits per heavy atom. The summed E-state index contributed by atoms with van der Waals surface area (Å²) < 4.78 is 95.7. The van der Waals surface area contributed by atoms with Crippen LogP contribution in [-0.2, 0) is 28.1 Å². The summed E-state index contributed by atoms with van der Waals surface area (Å²) >= 11 is 0. The van der Waals surface area contributed by atoms with E-state index in [0.717, 1.165) is 0 Å². The van der Waals surface area contributed by atoms with Gasteiger partial charge in [-0.25, -0.2) is 8.42 Å².